The third-order valence-electron chi connectivity index (χ3n) is 4.51. The first-order valence-corrected chi connectivity index (χ1v) is 8.00. The SMILES string of the molecule is C=C(N)c1ccc2c(n1)N(C(=C)Nc1ccccn1)[C@H]1CCN2C1. The lowest BCUT2D eigenvalue weighted by molar-refractivity contribution is 0.676. The Bertz CT molecular complexity index is 800. The molecule has 0 saturated carbocycles. The monoisotopic (exact) mass is 320 g/mol. The van der Waals surface area contributed by atoms with Gasteiger partial charge in [-0.2, -0.15) is 0 Å². The van der Waals surface area contributed by atoms with E-state index in [1.165, 1.54) is 0 Å². The largest absolute Gasteiger partial charge is 0.397 e. The highest BCUT2D eigenvalue weighted by Gasteiger charge is 2.38. The number of nitrogens with two attached hydrogens (primary N) is 1. The van der Waals surface area contributed by atoms with Gasteiger partial charge in [-0.05, 0) is 30.7 Å². The summed E-state index contributed by atoms with van der Waals surface area (Å²) in [5, 5.41) is 3.29. The molecule has 2 aromatic rings. The molecule has 0 unspecified atom stereocenters. The number of anilines is 3. The van der Waals surface area contributed by atoms with Gasteiger partial charge < -0.3 is 20.9 Å². The van der Waals surface area contributed by atoms with Crippen molar-refractivity contribution in [3.8, 4) is 0 Å². The highest BCUT2D eigenvalue weighted by molar-refractivity contribution is 5.77. The molecule has 6 nitrogen and oxygen atoms in total. The number of rotatable bonds is 4. The van der Waals surface area contributed by atoms with Crippen LogP contribution in [0.15, 0.2) is 55.5 Å². The normalized spacial score (nSPS) is 18.2. The van der Waals surface area contributed by atoms with E-state index >= 15 is 0 Å². The maximum atomic E-state index is 5.84. The molecule has 1 saturated heterocycles. The predicted octanol–water partition coefficient (Wildman–Crippen LogP) is 2.39. The van der Waals surface area contributed by atoms with Gasteiger partial charge in [-0.25, -0.2) is 9.97 Å². The van der Waals surface area contributed by atoms with Crippen molar-refractivity contribution in [2.75, 3.05) is 28.2 Å². The summed E-state index contributed by atoms with van der Waals surface area (Å²) in [6.07, 6.45) is 2.82. The molecule has 4 rings (SSSR count). The Balaban J connectivity index is 1.72. The first kappa shape index (κ1) is 14.6. The Labute approximate surface area is 141 Å². The summed E-state index contributed by atoms with van der Waals surface area (Å²) in [5.41, 5.74) is 8.12. The number of hydrogen-bond donors (Lipinski definition) is 2. The average Bonchev–Trinajstić information content (AvgIpc) is 3.00. The molecular weight excluding hydrogens is 300 g/mol. The molecule has 0 aromatic carbocycles. The van der Waals surface area contributed by atoms with Gasteiger partial charge in [0.15, 0.2) is 5.82 Å². The number of pyridine rings is 2. The van der Waals surface area contributed by atoms with Gasteiger partial charge in [0, 0.05) is 19.3 Å². The van der Waals surface area contributed by atoms with Crippen LogP contribution >= 0.6 is 0 Å². The first-order chi connectivity index (χ1) is 11.6. The van der Waals surface area contributed by atoms with E-state index in [9.17, 15) is 0 Å². The molecule has 0 radical (unpaired) electrons. The van der Waals surface area contributed by atoms with Crippen LogP contribution in [0.1, 0.15) is 12.1 Å². The lowest BCUT2D eigenvalue weighted by atomic mass is 10.1. The van der Waals surface area contributed by atoms with Crippen LogP contribution in [0, 0.1) is 0 Å². The molecule has 2 aliphatic rings. The Hall–Kier alpha value is -3.02. The third kappa shape index (κ3) is 2.36. The quantitative estimate of drug-likeness (QED) is 0.901. The minimum absolute atomic E-state index is 0.343. The molecule has 0 aliphatic carbocycles. The molecule has 1 atom stereocenters. The van der Waals surface area contributed by atoms with Crippen LogP contribution in [-0.2, 0) is 0 Å². The van der Waals surface area contributed by atoms with Crippen LogP contribution in [0.3, 0.4) is 0 Å². The highest BCUT2D eigenvalue weighted by Crippen LogP contribution is 2.40. The summed E-state index contributed by atoms with van der Waals surface area (Å²) in [6, 6.07) is 10.1. The molecule has 122 valence electrons. The summed E-state index contributed by atoms with van der Waals surface area (Å²) < 4.78 is 0. The lowest BCUT2D eigenvalue weighted by Crippen LogP contribution is -2.43. The highest BCUT2D eigenvalue weighted by atomic mass is 15.4. The summed E-state index contributed by atoms with van der Waals surface area (Å²) in [7, 11) is 0. The summed E-state index contributed by atoms with van der Waals surface area (Å²) in [6.45, 7) is 10.0. The molecule has 1 fully saturated rings. The number of nitrogens with one attached hydrogen (secondary N) is 1. The molecule has 0 spiro atoms. The van der Waals surface area contributed by atoms with Gasteiger partial charge in [0.25, 0.3) is 0 Å². The van der Waals surface area contributed by atoms with E-state index in [1.807, 2.05) is 24.3 Å². The zero-order valence-corrected chi connectivity index (χ0v) is 13.4. The van der Waals surface area contributed by atoms with Crippen molar-refractivity contribution in [3.05, 3.63) is 61.2 Å². The number of hydrogen-bond acceptors (Lipinski definition) is 6. The minimum atomic E-state index is 0.343. The van der Waals surface area contributed by atoms with Gasteiger partial charge in [-0.3, -0.25) is 0 Å². The number of aromatic nitrogens is 2. The summed E-state index contributed by atoms with van der Waals surface area (Å²) in [5.74, 6) is 2.42. The molecule has 2 aliphatic heterocycles. The molecule has 6 heteroatoms. The van der Waals surface area contributed by atoms with Gasteiger partial charge in [0.2, 0.25) is 0 Å². The summed E-state index contributed by atoms with van der Waals surface area (Å²) in [4.78, 5) is 13.6. The van der Waals surface area contributed by atoms with Gasteiger partial charge in [-0.15, -0.1) is 0 Å². The van der Waals surface area contributed by atoms with E-state index < -0.39 is 0 Å². The van der Waals surface area contributed by atoms with E-state index in [4.69, 9.17) is 10.7 Å². The Morgan fingerprint density at radius 3 is 2.88 bits per heavy atom. The van der Waals surface area contributed by atoms with Crippen molar-refractivity contribution in [3.63, 3.8) is 0 Å². The Morgan fingerprint density at radius 2 is 2.12 bits per heavy atom. The Morgan fingerprint density at radius 1 is 1.25 bits per heavy atom. The molecule has 24 heavy (non-hydrogen) atoms. The Kier molecular flexibility index (Phi) is 3.37. The average molecular weight is 320 g/mol. The van der Waals surface area contributed by atoms with E-state index in [0.717, 1.165) is 42.7 Å². The van der Waals surface area contributed by atoms with Crippen LogP contribution < -0.4 is 20.9 Å². The second-order valence-electron chi connectivity index (χ2n) is 6.11. The van der Waals surface area contributed by atoms with Crippen molar-refractivity contribution < 1.29 is 0 Å². The van der Waals surface area contributed by atoms with Crippen molar-refractivity contribution in [1.82, 2.24) is 9.97 Å². The zero-order valence-electron chi connectivity index (χ0n) is 13.4. The molecule has 3 N–H and O–H groups in total. The van der Waals surface area contributed by atoms with Crippen LogP contribution in [0.25, 0.3) is 5.70 Å². The van der Waals surface area contributed by atoms with E-state index in [0.29, 0.717) is 17.4 Å². The van der Waals surface area contributed by atoms with Gasteiger partial charge in [0.05, 0.1) is 23.1 Å². The van der Waals surface area contributed by atoms with E-state index in [-0.39, 0.29) is 0 Å². The fourth-order valence-corrected chi connectivity index (χ4v) is 3.38. The van der Waals surface area contributed by atoms with Crippen LogP contribution in [0.2, 0.25) is 0 Å². The maximum Gasteiger partial charge on any atom is 0.158 e. The van der Waals surface area contributed by atoms with Gasteiger partial charge in [-0.1, -0.05) is 19.2 Å². The molecule has 4 heterocycles. The van der Waals surface area contributed by atoms with E-state index in [1.54, 1.807) is 6.20 Å². The smallest absolute Gasteiger partial charge is 0.158 e. The molecule has 2 aromatic heterocycles. The van der Waals surface area contributed by atoms with Crippen LogP contribution in [0.5, 0.6) is 0 Å². The fraction of sp³-hybridized carbons (Fsp3) is 0.222. The maximum absolute atomic E-state index is 5.84. The first-order valence-electron chi connectivity index (χ1n) is 8.00. The van der Waals surface area contributed by atoms with Crippen molar-refractivity contribution in [2.24, 2.45) is 5.73 Å². The number of fused-ring (bicyclic) bond motifs is 4. The molecule has 0 amide bonds. The van der Waals surface area contributed by atoms with Gasteiger partial charge in [0.1, 0.15) is 11.6 Å². The van der Waals surface area contributed by atoms with Crippen LogP contribution in [0.4, 0.5) is 17.3 Å². The fourth-order valence-electron chi connectivity index (χ4n) is 3.38. The minimum Gasteiger partial charge on any atom is -0.397 e. The molecular formula is C18H20N6. The van der Waals surface area contributed by atoms with E-state index in [2.05, 4.69) is 39.3 Å². The number of nitrogens with zero attached hydrogens (tertiary/aromatic N) is 4. The van der Waals surface area contributed by atoms with Crippen molar-refractivity contribution in [2.45, 2.75) is 12.5 Å². The van der Waals surface area contributed by atoms with Crippen LogP contribution in [-0.4, -0.2) is 29.1 Å². The van der Waals surface area contributed by atoms with Gasteiger partial charge >= 0.3 is 0 Å². The van der Waals surface area contributed by atoms with Crippen molar-refractivity contribution >= 4 is 23.0 Å². The summed E-state index contributed by atoms with van der Waals surface area (Å²) >= 11 is 0. The van der Waals surface area contributed by atoms with Crippen molar-refractivity contribution in [1.29, 1.82) is 0 Å². The topological polar surface area (TPSA) is 70.3 Å². The second kappa shape index (κ2) is 5.56. The molecule has 2 bridgehead atoms. The standard InChI is InChI=1S/C18H20N6/c1-12(19)15-6-7-16-18(22-15)24(14-8-10-23(16)11-14)13(2)21-17-5-3-4-9-20-17/h3-7,9,14H,1-2,8,10-11,19H2,(H,20,21)/t14-/m0/s1. The second-order valence-corrected chi connectivity index (χ2v) is 6.11. The zero-order chi connectivity index (χ0) is 16.7. The lowest BCUT2D eigenvalue weighted by Gasteiger charge is -2.38. The predicted molar refractivity (Wildman–Crippen MR) is 97.6 cm³/mol. The third-order valence-corrected chi connectivity index (χ3v) is 4.51.